The van der Waals surface area contributed by atoms with E-state index in [0.717, 1.165) is 17.1 Å². The van der Waals surface area contributed by atoms with Crippen molar-refractivity contribution in [2.24, 2.45) is 0 Å². The highest BCUT2D eigenvalue weighted by Crippen LogP contribution is 2.63. The largest absolute Gasteiger partial charge is 0.310 e. The van der Waals surface area contributed by atoms with Crippen molar-refractivity contribution in [3.05, 3.63) is 305 Å². The van der Waals surface area contributed by atoms with E-state index in [4.69, 9.17) is 0 Å². The Labute approximate surface area is 428 Å². The summed E-state index contributed by atoms with van der Waals surface area (Å²) in [4.78, 5) is 2.47. The van der Waals surface area contributed by atoms with Gasteiger partial charge >= 0.3 is 0 Å². The van der Waals surface area contributed by atoms with E-state index < -0.39 is 5.41 Å². The van der Waals surface area contributed by atoms with Gasteiger partial charge in [-0.05, 0) is 166 Å². The Balaban J connectivity index is 0.887. The molecule has 0 fully saturated rings. The SMILES string of the molecule is CC1(C)c2ccccc2-c2cccc(-c3ccc(N(c4ccc(-c5ccc6c(c5)C(C)(c5ccccc5)c5ccccc5-6)cc4)c4ccc5c(c4)C4(c6ccccc6-c6ccccc64)c4ccccc4-5)cc3)c21. The molecule has 1 nitrogen and oxygen atoms in total. The van der Waals surface area contributed by atoms with Gasteiger partial charge in [-0.2, -0.15) is 0 Å². The molecule has 0 saturated heterocycles. The van der Waals surface area contributed by atoms with E-state index in [9.17, 15) is 0 Å². The van der Waals surface area contributed by atoms with Gasteiger partial charge in [0.1, 0.15) is 0 Å². The van der Waals surface area contributed by atoms with Gasteiger partial charge in [-0.25, -0.2) is 0 Å². The van der Waals surface area contributed by atoms with Crippen LogP contribution in [0.2, 0.25) is 0 Å². The van der Waals surface area contributed by atoms with Gasteiger partial charge in [0.05, 0.1) is 5.41 Å². The summed E-state index contributed by atoms with van der Waals surface area (Å²) in [5.41, 5.74) is 30.1. The maximum absolute atomic E-state index is 2.50. The standard InChI is InChI=1S/C72H51N/c1-70(2)62-27-12-7-24-58(62)61-26-17-25-53(69(61)70)47-34-39-51(40-35-47)73(50-37-32-46(33-38-50)48-36-42-59-54-20-8-13-28-63(54)71(3,67(59)44-48)49-18-5-4-6-19-49)52-41-43-60-57-23-11-16-31-66(57)72(68(60)45-52)64-29-14-9-21-55(64)56-22-10-15-30-65(56)72/h4-45H,1-3H3. The Bertz CT molecular complexity index is 4000. The molecule has 1 heteroatoms. The average Bonchev–Trinajstić information content (AvgIpc) is 4.10. The van der Waals surface area contributed by atoms with Crippen LogP contribution < -0.4 is 4.90 Å². The lowest BCUT2D eigenvalue weighted by molar-refractivity contribution is 0.662. The molecule has 0 amide bonds. The first kappa shape index (κ1) is 42.0. The molecule has 0 aromatic heterocycles. The molecule has 4 aliphatic carbocycles. The topological polar surface area (TPSA) is 3.24 Å². The van der Waals surface area contributed by atoms with Gasteiger partial charge < -0.3 is 4.90 Å². The summed E-state index contributed by atoms with van der Waals surface area (Å²) in [5, 5.41) is 0. The quantitative estimate of drug-likeness (QED) is 0.161. The average molecular weight is 930 g/mol. The Hall–Kier alpha value is -8.78. The first-order chi connectivity index (χ1) is 35.8. The lowest BCUT2D eigenvalue weighted by Crippen LogP contribution is -2.26. The second-order valence-corrected chi connectivity index (χ2v) is 21.2. The zero-order chi connectivity index (χ0) is 48.6. The van der Waals surface area contributed by atoms with Crippen LogP contribution in [0.5, 0.6) is 0 Å². The summed E-state index contributed by atoms with van der Waals surface area (Å²) in [7, 11) is 0. The third-order valence-electron chi connectivity index (χ3n) is 17.4. The van der Waals surface area contributed by atoms with Crippen molar-refractivity contribution in [1.82, 2.24) is 0 Å². The number of hydrogen-bond acceptors (Lipinski definition) is 1. The normalized spacial score (nSPS) is 16.2. The number of fused-ring (bicyclic) bond motifs is 16. The van der Waals surface area contributed by atoms with E-state index in [-0.39, 0.29) is 10.8 Å². The molecule has 1 spiro atoms. The van der Waals surface area contributed by atoms with Crippen molar-refractivity contribution in [2.45, 2.75) is 37.0 Å². The first-order valence-corrected chi connectivity index (χ1v) is 25.8. The van der Waals surface area contributed by atoms with Crippen molar-refractivity contribution in [2.75, 3.05) is 4.90 Å². The maximum Gasteiger partial charge on any atom is 0.0726 e. The molecule has 0 bridgehead atoms. The minimum absolute atomic E-state index is 0.118. The van der Waals surface area contributed by atoms with Crippen LogP contribution in [0.4, 0.5) is 17.1 Å². The van der Waals surface area contributed by atoms with Crippen molar-refractivity contribution in [1.29, 1.82) is 0 Å². The summed E-state index contributed by atoms with van der Waals surface area (Å²) < 4.78 is 0. The second kappa shape index (κ2) is 15.4. The maximum atomic E-state index is 2.50. The van der Waals surface area contributed by atoms with E-state index in [2.05, 4.69) is 280 Å². The van der Waals surface area contributed by atoms with Crippen molar-refractivity contribution in [3.63, 3.8) is 0 Å². The number of hydrogen-bond donors (Lipinski definition) is 0. The number of rotatable bonds is 6. The van der Waals surface area contributed by atoms with Gasteiger partial charge in [-0.1, -0.05) is 226 Å². The van der Waals surface area contributed by atoms with Crippen LogP contribution in [-0.2, 0) is 16.2 Å². The minimum atomic E-state index is -0.450. The molecular weight excluding hydrogens is 879 g/mol. The molecule has 15 rings (SSSR count). The molecule has 0 N–H and O–H groups in total. The van der Waals surface area contributed by atoms with E-state index >= 15 is 0 Å². The molecule has 0 heterocycles. The van der Waals surface area contributed by atoms with Crippen LogP contribution in [0.1, 0.15) is 70.8 Å². The highest BCUT2D eigenvalue weighted by atomic mass is 15.1. The van der Waals surface area contributed by atoms with Gasteiger partial charge in [-0.3, -0.25) is 0 Å². The molecule has 4 aliphatic rings. The molecule has 11 aromatic carbocycles. The summed E-state index contributed by atoms with van der Waals surface area (Å²) in [5.74, 6) is 0. The number of anilines is 3. The fourth-order valence-electron chi connectivity index (χ4n) is 14.1. The first-order valence-electron chi connectivity index (χ1n) is 25.8. The van der Waals surface area contributed by atoms with Crippen LogP contribution >= 0.6 is 0 Å². The van der Waals surface area contributed by atoms with E-state index in [1.54, 1.807) is 0 Å². The molecule has 1 unspecified atom stereocenters. The summed E-state index contributed by atoms with van der Waals surface area (Å²) >= 11 is 0. The molecule has 0 saturated carbocycles. The predicted octanol–water partition coefficient (Wildman–Crippen LogP) is 18.5. The number of nitrogens with zero attached hydrogens (tertiary/aromatic N) is 1. The predicted molar refractivity (Wildman–Crippen MR) is 303 cm³/mol. The molecular formula is C72H51N. The molecule has 0 radical (unpaired) electrons. The van der Waals surface area contributed by atoms with E-state index in [1.807, 2.05) is 0 Å². The van der Waals surface area contributed by atoms with Gasteiger partial charge in [-0.15, -0.1) is 0 Å². The molecule has 11 aromatic rings. The highest BCUT2D eigenvalue weighted by Gasteiger charge is 2.52. The lowest BCUT2D eigenvalue weighted by atomic mass is 9.70. The fraction of sp³-hybridized carbons (Fsp3) is 0.0833. The van der Waals surface area contributed by atoms with Crippen LogP contribution in [-0.4, -0.2) is 0 Å². The third-order valence-corrected chi connectivity index (χ3v) is 17.4. The van der Waals surface area contributed by atoms with Crippen LogP contribution in [0, 0.1) is 0 Å². The van der Waals surface area contributed by atoms with E-state index in [0.29, 0.717) is 0 Å². The highest BCUT2D eigenvalue weighted by molar-refractivity contribution is 5.97. The van der Waals surface area contributed by atoms with Gasteiger partial charge in [0, 0.05) is 27.9 Å². The van der Waals surface area contributed by atoms with Crippen molar-refractivity contribution in [3.8, 4) is 66.8 Å². The van der Waals surface area contributed by atoms with E-state index in [1.165, 1.54) is 117 Å². The van der Waals surface area contributed by atoms with Crippen LogP contribution in [0.15, 0.2) is 255 Å². The van der Waals surface area contributed by atoms with Gasteiger partial charge in [0.2, 0.25) is 0 Å². The van der Waals surface area contributed by atoms with Gasteiger partial charge in [0.25, 0.3) is 0 Å². The molecule has 344 valence electrons. The molecule has 1 atom stereocenters. The summed E-state index contributed by atoms with van der Waals surface area (Å²) in [6.07, 6.45) is 0. The molecule has 73 heavy (non-hydrogen) atoms. The van der Waals surface area contributed by atoms with Crippen LogP contribution in [0.3, 0.4) is 0 Å². The van der Waals surface area contributed by atoms with Crippen molar-refractivity contribution >= 4 is 17.1 Å². The second-order valence-electron chi connectivity index (χ2n) is 21.2. The third kappa shape index (κ3) is 5.68. The summed E-state index contributed by atoms with van der Waals surface area (Å²) in [6.45, 7) is 7.16. The Kier molecular flexibility index (Phi) is 8.83. The summed E-state index contributed by atoms with van der Waals surface area (Å²) in [6, 6.07) is 96.0. The number of benzene rings is 11. The van der Waals surface area contributed by atoms with Gasteiger partial charge in [0.15, 0.2) is 0 Å². The Morgan fingerprint density at radius 3 is 1.27 bits per heavy atom. The zero-order valence-electron chi connectivity index (χ0n) is 41.2. The molecule has 0 aliphatic heterocycles. The smallest absolute Gasteiger partial charge is 0.0726 e. The zero-order valence-corrected chi connectivity index (χ0v) is 41.2. The van der Waals surface area contributed by atoms with Crippen LogP contribution in [0.25, 0.3) is 66.8 Å². The van der Waals surface area contributed by atoms with Crippen molar-refractivity contribution < 1.29 is 0 Å². The lowest BCUT2D eigenvalue weighted by Gasteiger charge is -2.32. The fourth-order valence-corrected chi connectivity index (χ4v) is 14.1. The monoisotopic (exact) mass is 929 g/mol. The Morgan fingerprint density at radius 1 is 0.260 bits per heavy atom. The minimum Gasteiger partial charge on any atom is -0.310 e. The Morgan fingerprint density at radius 2 is 0.671 bits per heavy atom.